The molecule has 0 saturated heterocycles. The van der Waals surface area contributed by atoms with Gasteiger partial charge in [0.2, 0.25) is 5.91 Å². The lowest BCUT2D eigenvalue weighted by Crippen LogP contribution is -2.47. The molecule has 0 spiro atoms. The number of benzene rings is 2. The van der Waals surface area contributed by atoms with Crippen LogP contribution in [0.15, 0.2) is 42.5 Å². The first-order chi connectivity index (χ1) is 11.9. The lowest BCUT2D eigenvalue weighted by atomic mass is 10.1. The Morgan fingerprint density at radius 2 is 1.68 bits per heavy atom. The largest absolute Gasteiger partial charge is 0.350 e. The van der Waals surface area contributed by atoms with Gasteiger partial charge in [0.05, 0.1) is 11.1 Å². The van der Waals surface area contributed by atoms with Gasteiger partial charge in [-0.3, -0.25) is 19.3 Å². The van der Waals surface area contributed by atoms with Gasteiger partial charge < -0.3 is 5.32 Å². The monoisotopic (exact) mass is 376 g/mol. The number of imide groups is 1. The van der Waals surface area contributed by atoms with Gasteiger partial charge in [-0.1, -0.05) is 41.4 Å². The van der Waals surface area contributed by atoms with Crippen LogP contribution in [0.4, 0.5) is 0 Å². The third kappa shape index (κ3) is 3.25. The van der Waals surface area contributed by atoms with E-state index in [2.05, 4.69) is 5.32 Å². The second-order valence-electron chi connectivity index (χ2n) is 5.66. The normalized spacial score (nSPS) is 14.4. The molecule has 3 rings (SSSR count). The van der Waals surface area contributed by atoms with Crippen LogP contribution in [0.5, 0.6) is 0 Å². The minimum absolute atomic E-state index is 0.169. The van der Waals surface area contributed by atoms with E-state index in [-0.39, 0.29) is 6.54 Å². The molecule has 1 aliphatic rings. The molecule has 0 aliphatic carbocycles. The fourth-order valence-corrected chi connectivity index (χ4v) is 3.15. The maximum Gasteiger partial charge on any atom is 0.262 e. The van der Waals surface area contributed by atoms with Crippen molar-refractivity contribution in [3.05, 3.63) is 69.2 Å². The topological polar surface area (TPSA) is 66.5 Å². The van der Waals surface area contributed by atoms with E-state index in [9.17, 15) is 14.4 Å². The zero-order valence-corrected chi connectivity index (χ0v) is 14.8. The highest BCUT2D eigenvalue weighted by molar-refractivity contribution is 6.35. The number of rotatable bonds is 4. The number of halogens is 2. The molecule has 0 unspecified atom stereocenters. The number of nitrogens with one attached hydrogen (secondary N) is 1. The van der Waals surface area contributed by atoms with E-state index in [1.807, 2.05) is 0 Å². The summed E-state index contributed by atoms with van der Waals surface area (Å²) in [4.78, 5) is 38.2. The molecule has 0 bridgehead atoms. The number of fused-ring (bicyclic) bond motifs is 1. The molecule has 0 radical (unpaired) electrons. The quantitative estimate of drug-likeness (QED) is 0.832. The van der Waals surface area contributed by atoms with Crippen molar-refractivity contribution >= 4 is 40.9 Å². The molecule has 128 valence electrons. The van der Waals surface area contributed by atoms with Gasteiger partial charge in [-0.05, 0) is 36.8 Å². The number of nitrogens with zero attached hydrogens (tertiary/aromatic N) is 1. The molecule has 1 N–H and O–H groups in total. The van der Waals surface area contributed by atoms with Crippen LogP contribution < -0.4 is 5.32 Å². The van der Waals surface area contributed by atoms with Crippen LogP contribution in [0.3, 0.4) is 0 Å². The van der Waals surface area contributed by atoms with Crippen molar-refractivity contribution in [1.82, 2.24) is 10.2 Å². The molecular weight excluding hydrogens is 363 g/mol. The lowest BCUT2D eigenvalue weighted by molar-refractivity contribution is -0.124. The highest BCUT2D eigenvalue weighted by Gasteiger charge is 2.40. The third-order valence-electron chi connectivity index (χ3n) is 4.06. The fraction of sp³-hybridized carbons (Fsp3) is 0.167. The maximum atomic E-state index is 12.4. The summed E-state index contributed by atoms with van der Waals surface area (Å²) >= 11 is 11.9. The predicted octanol–water partition coefficient (Wildman–Crippen LogP) is 3.29. The molecule has 5 nitrogen and oxygen atoms in total. The fourth-order valence-electron chi connectivity index (χ4n) is 2.67. The molecule has 3 amide bonds. The predicted molar refractivity (Wildman–Crippen MR) is 94.7 cm³/mol. The van der Waals surface area contributed by atoms with Crippen LogP contribution in [0.1, 0.15) is 33.2 Å². The molecule has 1 atom stereocenters. The minimum Gasteiger partial charge on any atom is -0.350 e. The summed E-state index contributed by atoms with van der Waals surface area (Å²) in [5, 5.41) is 3.62. The number of carbonyl (C=O) groups excluding carboxylic acids is 3. The van der Waals surface area contributed by atoms with E-state index in [1.165, 1.54) is 6.92 Å². The Hall–Kier alpha value is -2.37. The van der Waals surface area contributed by atoms with Crippen molar-refractivity contribution < 1.29 is 14.4 Å². The summed E-state index contributed by atoms with van der Waals surface area (Å²) in [6, 6.07) is 10.5. The van der Waals surface area contributed by atoms with Crippen LogP contribution in [0.25, 0.3) is 0 Å². The van der Waals surface area contributed by atoms with Crippen molar-refractivity contribution in [2.45, 2.75) is 19.5 Å². The van der Waals surface area contributed by atoms with E-state index >= 15 is 0 Å². The Balaban J connectivity index is 1.71. The van der Waals surface area contributed by atoms with Crippen LogP contribution >= 0.6 is 23.2 Å². The highest BCUT2D eigenvalue weighted by atomic mass is 35.5. The maximum absolute atomic E-state index is 12.4. The van der Waals surface area contributed by atoms with Crippen LogP contribution in [-0.4, -0.2) is 28.7 Å². The molecule has 0 saturated carbocycles. The average molecular weight is 377 g/mol. The smallest absolute Gasteiger partial charge is 0.262 e. The average Bonchev–Trinajstić information content (AvgIpc) is 2.85. The Bertz CT molecular complexity index is 847. The van der Waals surface area contributed by atoms with E-state index in [0.29, 0.717) is 26.7 Å². The van der Waals surface area contributed by atoms with Gasteiger partial charge in [-0.15, -0.1) is 0 Å². The van der Waals surface area contributed by atoms with Gasteiger partial charge in [0.15, 0.2) is 0 Å². The molecule has 0 fully saturated rings. The van der Waals surface area contributed by atoms with Gasteiger partial charge in [0, 0.05) is 16.6 Å². The van der Waals surface area contributed by atoms with E-state index in [0.717, 1.165) is 4.90 Å². The first kappa shape index (κ1) is 17.5. The standard InChI is InChI=1S/C18H14Cl2N2O3/c1-10(16(23)21-9-11-6-7-12(19)8-15(11)20)22-17(24)13-4-2-3-5-14(13)18(22)25/h2-8,10H,9H2,1H3,(H,21,23)/t10-/m0/s1. The van der Waals surface area contributed by atoms with Gasteiger partial charge in [0.1, 0.15) is 6.04 Å². The number of amides is 3. The van der Waals surface area contributed by atoms with Crippen LogP contribution in [0, 0.1) is 0 Å². The molecule has 2 aromatic rings. The van der Waals surface area contributed by atoms with Crippen molar-refractivity contribution in [2.75, 3.05) is 0 Å². The SMILES string of the molecule is C[C@@H](C(=O)NCc1ccc(Cl)cc1Cl)N1C(=O)c2ccccc2C1=O. The molecule has 0 aromatic heterocycles. The Morgan fingerprint density at radius 3 is 2.24 bits per heavy atom. The molecule has 1 heterocycles. The Morgan fingerprint density at radius 1 is 1.08 bits per heavy atom. The minimum atomic E-state index is -0.932. The summed E-state index contributed by atoms with van der Waals surface area (Å²) in [7, 11) is 0. The summed E-state index contributed by atoms with van der Waals surface area (Å²) in [6.45, 7) is 1.68. The first-order valence-corrected chi connectivity index (χ1v) is 8.34. The van der Waals surface area contributed by atoms with Crippen molar-refractivity contribution in [2.24, 2.45) is 0 Å². The molecule has 1 aliphatic heterocycles. The lowest BCUT2D eigenvalue weighted by Gasteiger charge is -2.21. The number of hydrogen-bond donors (Lipinski definition) is 1. The van der Waals surface area contributed by atoms with Gasteiger partial charge in [-0.25, -0.2) is 0 Å². The van der Waals surface area contributed by atoms with Crippen LogP contribution in [-0.2, 0) is 11.3 Å². The van der Waals surface area contributed by atoms with Gasteiger partial charge in [0.25, 0.3) is 11.8 Å². The van der Waals surface area contributed by atoms with Crippen LogP contribution in [0.2, 0.25) is 10.0 Å². The summed E-state index contributed by atoms with van der Waals surface area (Å²) in [5.74, 6) is -1.37. The van der Waals surface area contributed by atoms with Crippen molar-refractivity contribution in [3.8, 4) is 0 Å². The zero-order chi connectivity index (χ0) is 18.1. The summed E-state index contributed by atoms with van der Waals surface area (Å²) in [5.41, 5.74) is 1.31. The first-order valence-electron chi connectivity index (χ1n) is 7.58. The second-order valence-corrected chi connectivity index (χ2v) is 6.50. The highest BCUT2D eigenvalue weighted by Crippen LogP contribution is 2.25. The molecule has 7 heteroatoms. The van der Waals surface area contributed by atoms with E-state index < -0.39 is 23.8 Å². The Labute approximate surface area is 154 Å². The zero-order valence-electron chi connectivity index (χ0n) is 13.3. The number of hydrogen-bond acceptors (Lipinski definition) is 3. The van der Waals surface area contributed by atoms with Gasteiger partial charge in [-0.2, -0.15) is 0 Å². The molecular formula is C18H14Cl2N2O3. The second kappa shape index (κ2) is 6.86. The molecule has 2 aromatic carbocycles. The van der Waals surface area contributed by atoms with Crippen molar-refractivity contribution in [3.63, 3.8) is 0 Å². The Kier molecular flexibility index (Phi) is 4.79. The summed E-state index contributed by atoms with van der Waals surface area (Å²) < 4.78 is 0. The van der Waals surface area contributed by atoms with E-state index in [1.54, 1.807) is 42.5 Å². The summed E-state index contributed by atoms with van der Waals surface area (Å²) in [6.07, 6.45) is 0. The number of carbonyl (C=O) groups is 3. The molecule has 25 heavy (non-hydrogen) atoms. The van der Waals surface area contributed by atoms with Crippen molar-refractivity contribution in [1.29, 1.82) is 0 Å². The van der Waals surface area contributed by atoms with Gasteiger partial charge >= 0.3 is 0 Å². The van der Waals surface area contributed by atoms with E-state index in [4.69, 9.17) is 23.2 Å². The third-order valence-corrected chi connectivity index (χ3v) is 4.65.